The Bertz CT molecular complexity index is 1690. The average molecular weight is 698 g/mol. The molecule has 3 aromatic rings. The van der Waals surface area contributed by atoms with Gasteiger partial charge in [0.15, 0.2) is 11.5 Å². The predicted octanol–water partition coefficient (Wildman–Crippen LogP) is 5.18. The van der Waals surface area contributed by atoms with Gasteiger partial charge in [-0.1, -0.05) is 38.3 Å². The molecule has 1 N–H and O–H groups in total. The molecular formula is C36H47N3O9S. The Morgan fingerprint density at radius 3 is 2.08 bits per heavy atom. The van der Waals surface area contributed by atoms with Crippen LogP contribution in [0.4, 0.5) is 5.69 Å². The third-order valence-corrected chi connectivity index (χ3v) is 10.5. The smallest absolute Gasteiger partial charge is 0.265 e. The van der Waals surface area contributed by atoms with Crippen LogP contribution in [0.25, 0.3) is 0 Å². The second-order valence-corrected chi connectivity index (χ2v) is 13.6. The lowest BCUT2D eigenvalue weighted by Gasteiger charge is -2.34. The molecule has 0 aliphatic heterocycles. The van der Waals surface area contributed by atoms with Gasteiger partial charge in [0.25, 0.3) is 10.0 Å². The summed E-state index contributed by atoms with van der Waals surface area (Å²) in [5.41, 5.74) is 0.788. The molecule has 13 heteroatoms. The average Bonchev–Trinajstić information content (AvgIpc) is 3.13. The minimum Gasteiger partial charge on any atom is -0.497 e. The van der Waals surface area contributed by atoms with Gasteiger partial charge >= 0.3 is 0 Å². The lowest BCUT2D eigenvalue weighted by atomic mass is 9.95. The highest BCUT2D eigenvalue weighted by Crippen LogP contribution is 2.38. The number of methoxy groups -OCH3 is 5. The number of nitrogens with zero attached hydrogens (tertiary/aromatic N) is 2. The quantitative estimate of drug-likeness (QED) is 0.215. The Morgan fingerprint density at radius 2 is 1.45 bits per heavy atom. The van der Waals surface area contributed by atoms with Crippen LogP contribution >= 0.6 is 0 Å². The molecule has 1 fully saturated rings. The number of nitrogens with one attached hydrogen (secondary N) is 1. The number of hydrogen-bond acceptors (Lipinski definition) is 9. The Kier molecular flexibility index (Phi) is 13.0. The highest BCUT2D eigenvalue weighted by Gasteiger charge is 2.36. The van der Waals surface area contributed by atoms with Gasteiger partial charge in [-0.25, -0.2) is 8.42 Å². The minimum atomic E-state index is -4.46. The normalized spacial score (nSPS) is 13.9. The molecule has 1 aliphatic carbocycles. The first-order chi connectivity index (χ1) is 23.6. The van der Waals surface area contributed by atoms with E-state index in [1.165, 1.54) is 57.6 Å². The van der Waals surface area contributed by atoms with Crippen molar-refractivity contribution in [2.75, 3.05) is 46.4 Å². The second-order valence-electron chi connectivity index (χ2n) is 11.7. The van der Waals surface area contributed by atoms with E-state index in [-0.39, 0.29) is 40.6 Å². The largest absolute Gasteiger partial charge is 0.497 e. The molecule has 0 saturated heterocycles. The van der Waals surface area contributed by atoms with Crippen molar-refractivity contribution in [3.8, 4) is 28.7 Å². The first-order valence-corrected chi connectivity index (χ1v) is 17.7. The number of carbonyl (C=O) groups excluding carboxylic acids is 2. The maximum atomic E-state index is 14.6. The molecule has 0 aromatic heterocycles. The summed E-state index contributed by atoms with van der Waals surface area (Å²) in [4.78, 5) is 29.8. The molecule has 1 atom stereocenters. The molecule has 3 aromatic carbocycles. The number of sulfonamides is 1. The van der Waals surface area contributed by atoms with Gasteiger partial charge < -0.3 is 33.9 Å². The topological polar surface area (TPSA) is 133 Å². The molecule has 0 spiro atoms. The zero-order valence-corrected chi connectivity index (χ0v) is 29.9. The van der Waals surface area contributed by atoms with Crippen molar-refractivity contribution >= 4 is 27.5 Å². The molecule has 12 nitrogen and oxygen atoms in total. The van der Waals surface area contributed by atoms with Gasteiger partial charge in [-0.15, -0.1) is 0 Å². The molecule has 0 heterocycles. The molecule has 4 rings (SSSR count). The van der Waals surface area contributed by atoms with Crippen molar-refractivity contribution in [2.24, 2.45) is 0 Å². The summed E-state index contributed by atoms with van der Waals surface area (Å²) < 4.78 is 57.3. The molecule has 0 bridgehead atoms. The Morgan fingerprint density at radius 1 is 0.796 bits per heavy atom. The zero-order chi connectivity index (χ0) is 35.6. The van der Waals surface area contributed by atoms with Gasteiger partial charge in [0.05, 0.1) is 46.1 Å². The van der Waals surface area contributed by atoms with Crippen molar-refractivity contribution in [1.82, 2.24) is 10.2 Å². The number of ether oxygens (including phenoxy) is 5. The zero-order valence-electron chi connectivity index (χ0n) is 29.1. The minimum absolute atomic E-state index is 0.0204. The second kappa shape index (κ2) is 17.1. The molecular weight excluding hydrogens is 650 g/mol. The van der Waals surface area contributed by atoms with E-state index in [1.807, 2.05) is 13.0 Å². The fourth-order valence-corrected chi connectivity index (χ4v) is 7.47. The van der Waals surface area contributed by atoms with Gasteiger partial charge in [-0.2, -0.15) is 0 Å². The summed E-state index contributed by atoms with van der Waals surface area (Å²) >= 11 is 0. The number of anilines is 1. The monoisotopic (exact) mass is 697 g/mol. The number of amides is 2. The van der Waals surface area contributed by atoms with Crippen LogP contribution in [0.3, 0.4) is 0 Å². The summed E-state index contributed by atoms with van der Waals surface area (Å²) in [7, 11) is 2.80. The van der Waals surface area contributed by atoms with Crippen LogP contribution in [-0.4, -0.2) is 79.3 Å². The molecule has 49 heavy (non-hydrogen) atoms. The van der Waals surface area contributed by atoms with E-state index in [1.54, 1.807) is 37.4 Å². The fourth-order valence-electron chi connectivity index (χ4n) is 6.04. The summed E-state index contributed by atoms with van der Waals surface area (Å²) in [6.45, 7) is 1.21. The first-order valence-electron chi connectivity index (χ1n) is 16.3. The van der Waals surface area contributed by atoms with Crippen LogP contribution in [0.1, 0.15) is 51.0 Å². The Labute approximate surface area is 289 Å². The van der Waals surface area contributed by atoms with Crippen LogP contribution in [0.5, 0.6) is 28.7 Å². The summed E-state index contributed by atoms with van der Waals surface area (Å²) in [6, 6.07) is 15.2. The lowest BCUT2D eigenvalue weighted by Crippen LogP contribution is -2.54. The third-order valence-electron chi connectivity index (χ3n) is 8.70. The summed E-state index contributed by atoms with van der Waals surface area (Å²) in [5, 5.41) is 3.16. The maximum Gasteiger partial charge on any atom is 0.265 e. The molecule has 0 radical (unpaired) electrons. The van der Waals surface area contributed by atoms with E-state index in [0.29, 0.717) is 29.2 Å². The van der Waals surface area contributed by atoms with Gasteiger partial charge in [0.1, 0.15) is 29.8 Å². The molecule has 2 amide bonds. The van der Waals surface area contributed by atoms with E-state index in [0.717, 1.165) is 36.4 Å². The highest BCUT2D eigenvalue weighted by molar-refractivity contribution is 7.92. The highest BCUT2D eigenvalue weighted by atomic mass is 32.2. The van der Waals surface area contributed by atoms with Gasteiger partial charge in [-0.3, -0.25) is 13.9 Å². The van der Waals surface area contributed by atoms with Crippen LogP contribution in [0, 0.1) is 0 Å². The van der Waals surface area contributed by atoms with E-state index in [4.69, 9.17) is 23.7 Å². The van der Waals surface area contributed by atoms with Crippen LogP contribution in [0.2, 0.25) is 0 Å². The number of hydrogen-bond donors (Lipinski definition) is 1. The number of benzene rings is 3. The van der Waals surface area contributed by atoms with Crippen molar-refractivity contribution < 1.29 is 41.7 Å². The van der Waals surface area contributed by atoms with Crippen molar-refractivity contribution in [2.45, 2.75) is 69.0 Å². The van der Waals surface area contributed by atoms with Crippen molar-refractivity contribution in [3.63, 3.8) is 0 Å². The van der Waals surface area contributed by atoms with Gasteiger partial charge in [0, 0.05) is 24.7 Å². The predicted molar refractivity (Wildman–Crippen MR) is 186 cm³/mol. The Hall–Kier alpha value is -4.65. The van der Waals surface area contributed by atoms with E-state index < -0.39 is 28.5 Å². The molecule has 1 saturated carbocycles. The first kappa shape index (κ1) is 37.2. The molecule has 266 valence electrons. The summed E-state index contributed by atoms with van der Waals surface area (Å²) in [5.74, 6) is 0.783. The molecule has 1 aliphatic rings. The number of rotatable bonds is 16. The maximum absolute atomic E-state index is 14.6. The van der Waals surface area contributed by atoms with Crippen LogP contribution in [0.15, 0.2) is 65.6 Å². The van der Waals surface area contributed by atoms with Gasteiger partial charge in [0.2, 0.25) is 11.8 Å². The third kappa shape index (κ3) is 8.88. The van der Waals surface area contributed by atoms with Crippen molar-refractivity contribution in [3.05, 3.63) is 66.2 Å². The fraction of sp³-hybridized carbons (Fsp3) is 0.444. The summed E-state index contributed by atoms with van der Waals surface area (Å²) in [6.07, 6.45) is 5.23. The van der Waals surface area contributed by atoms with E-state index in [2.05, 4.69) is 5.32 Å². The van der Waals surface area contributed by atoms with Gasteiger partial charge in [-0.05, 0) is 61.2 Å². The van der Waals surface area contributed by atoms with E-state index in [9.17, 15) is 18.0 Å². The SMILES string of the molecule is CC[C@@H](C(=O)NC1CCCCC1)N(Cc1cccc(OC)c1)C(=O)CN(c1cc(OC)ccc1OC)S(=O)(=O)c1ccc(OC)c(OC)c1. The standard InChI is InChI=1S/C36H47N3O9S/c1-7-30(36(41)37-26-13-9-8-10-14-26)38(23-25-12-11-15-27(20-25)44-2)35(40)24-39(31-21-28(45-3)16-18-32(31)46-4)49(42,43)29-17-19-33(47-5)34(22-29)48-6/h11-12,15-22,26,30H,7-10,13-14,23-24H2,1-6H3,(H,37,41)/t30-/m0/s1. The lowest BCUT2D eigenvalue weighted by molar-refractivity contribution is -0.140. The van der Waals surface area contributed by atoms with E-state index >= 15 is 0 Å². The van der Waals surface area contributed by atoms with Crippen LogP contribution in [-0.2, 0) is 26.2 Å². The Balaban J connectivity index is 1.82. The number of carbonyl (C=O) groups is 2. The molecule has 0 unspecified atom stereocenters. The van der Waals surface area contributed by atoms with Crippen molar-refractivity contribution in [1.29, 1.82) is 0 Å². The van der Waals surface area contributed by atoms with Crippen LogP contribution < -0.4 is 33.3 Å².